The number of aryl methyl sites for hydroxylation is 1. The lowest BCUT2D eigenvalue weighted by molar-refractivity contribution is 1.07. The third-order valence-electron chi connectivity index (χ3n) is 8.47. The predicted molar refractivity (Wildman–Crippen MR) is 233 cm³/mol. The van der Waals surface area contributed by atoms with Gasteiger partial charge in [0.15, 0.2) is 0 Å². The van der Waals surface area contributed by atoms with Crippen molar-refractivity contribution in [3.63, 3.8) is 0 Å². The van der Waals surface area contributed by atoms with Crippen molar-refractivity contribution in [3.8, 4) is 11.1 Å². The molecule has 266 valence electrons. The molecule has 1 aromatic heterocycles. The number of fused-ring (bicyclic) bond motifs is 3. The molecule has 0 radical (unpaired) electrons. The highest BCUT2D eigenvalue weighted by molar-refractivity contribution is 7.25. The molecule has 3 nitrogen and oxygen atoms in total. The van der Waals surface area contributed by atoms with Gasteiger partial charge in [-0.25, -0.2) is 0 Å². The molecule has 53 heavy (non-hydrogen) atoms. The summed E-state index contributed by atoms with van der Waals surface area (Å²) in [7, 11) is 0. The summed E-state index contributed by atoms with van der Waals surface area (Å²) in [6.45, 7) is 6.87. The molecule has 5 N–H and O–H groups in total. The number of nitrogens with one attached hydrogen (secondary N) is 1. The second kappa shape index (κ2) is 20.9. The van der Waals surface area contributed by atoms with E-state index >= 15 is 0 Å². The number of thiophene rings is 1. The van der Waals surface area contributed by atoms with Crippen LogP contribution in [0.25, 0.3) is 31.3 Å². The SMILES string of the molecule is C=CCc1ccccc1.Cc1ccc2c(c1)sc1ccccc12.NCN.c1ccc(Cc2cccc(-c3cccc(CNc4ccccc4)c3)c2)cc1. The first-order chi connectivity index (χ1) is 26.1. The van der Waals surface area contributed by atoms with Gasteiger partial charge in [-0.15, -0.1) is 17.9 Å². The summed E-state index contributed by atoms with van der Waals surface area (Å²) >= 11 is 1.88. The van der Waals surface area contributed by atoms with Crippen molar-refractivity contribution in [2.24, 2.45) is 11.5 Å². The van der Waals surface area contributed by atoms with Gasteiger partial charge in [0.1, 0.15) is 0 Å². The fraction of sp³-hybridized carbons (Fsp3) is 0.102. The standard InChI is InChI=1S/C26H23N.C13H10S.C9H10.CH6N2/c1-3-9-21(10-4-1)17-22-11-7-13-24(18-22)25-14-8-12-23(19-25)20-27-26-15-5-2-6-16-26;1-9-6-7-11-10-4-2-3-5-12(10)14-13(11)8-9;1-2-6-9-7-4-3-5-8-9;2-1-3/h1-16,18-19,27H,17,20H2;2-8H,1H3;2-5,7-8H,1,6H2;1-3H2. The van der Waals surface area contributed by atoms with Crippen molar-refractivity contribution in [2.75, 3.05) is 12.0 Å². The molecule has 8 rings (SSSR count). The first kappa shape index (κ1) is 38.5. The maximum Gasteiger partial charge on any atom is 0.0403 e. The summed E-state index contributed by atoms with van der Waals surface area (Å²) in [5, 5.41) is 6.25. The molecule has 0 bridgehead atoms. The molecule has 0 atom stereocenters. The average Bonchev–Trinajstić information content (AvgIpc) is 3.57. The monoisotopic (exact) mass is 711 g/mol. The van der Waals surface area contributed by atoms with Crippen LogP contribution in [0.2, 0.25) is 0 Å². The number of rotatable bonds is 8. The van der Waals surface area contributed by atoms with Crippen LogP contribution in [0.3, 0.4) is 0 Å². The number of para-hydroxylation sites is 1. The van der Waals surface area contributed by atoms with Crippen molar-refractivity contribution in [1.82, 2.24) is 0 Å². The topological polar surface area (TPSA) is 64.1 Å². The van der Waals surface area contributed by atoms with Crippen LogP contribution >= 0.6 is 11.3 Å². The van der Waals surface area contributed by atoms with Crippen LogP contribution in [0.1, 0.15) is 27.8 Å². The molecule has 4 heteroatoms. The molecule has 0 aliphatic rings. The van der Waals surface area contributed by atoms with Gasteiger partial charge >= 0.3 is 0 Å². The number of hydrogen-bond donors (Lipinski definition) is 3. The number of nitrogens with two attached hydrogens (primary N) is 2. The molecule has 0 saturated carbocycles. The first-order valence-corrected chi connectivity index (χ1v) is 18.8. The Morgan fingerprint density at radius 3 is 1.72 bits per heavy atom. The van der Waals surface area contributed by atoms with Gasteiger partial charge in [0.2, 0.25) is 0 Å². The van der Waals surface area contributed by atoms with Gasteiger partial charge in [-0.05, 0) is 89.0 Å². The quantitative estimate of drug-likeness (QED) is 0.109. The summed E-state index contributed by atoms with van der Waals surface area (Å²) < 4.78 is 2.78. The number of allylic oxidation sites excluding steroid dienone is 1. The Labute approximate surface area is 319 Å². The second-order valence-corrected chi connectivity index (χ2v) is 13.7. The van der Waals surface area contributed by atoms with E-state index in [2.05, 4.69) is 188 Å². The molecule has 0 aliphatic carbocycles. The zero-order chi connectivity index (χ0) is 37.1. The maximum absolute atomic E-state index is 4.62. The van der Waals surface area contributed by atoms with Crippen LogP contribution < -0.4 is 16.8 Å². The Balaban J connectivity index is 0.000000172. The first-order valence-electron chi connectivity index (χ1n) is 18.0. The van der Waals surface area contributed by atoms with E-state index in [4.69, 9.17) is 0 Å². The molecule has 8 aromatic rings. The van der Waals surface area contributed by atoms with Gasteiger partial charge in [0, 0.05) is 39.1 Å². The summed E-state index contributed by atoms with van der Waals surface area (Å²) in [5.74, 6) is 0. The lowest BCUT2D eigenvalue weighted by Gasteiger charge is -2.10. The second-order valence-electron chi connectivity index (χ2n) is 12.6. The van der Waals surface area contributed by atoms with Crippen molar-refractivity contribution < 1.29 is 0 Å². The van der Waals surface area contributed by atoms with Crippen molar-refractivity contribution in [3.05, 3.63) is 222 Å². The summed E-state index contributed by atoms with van der Waals surface area (Å²) in [6.07, 6.45) is 3.85. The lowest BCUT2D eigenvalue weighted by atomic mass is 9.98. The van der Waals surface area contributed by atoms with Crippen LogP contribution in [0.4, 0.5) is 5.69 Å². The molecule has 0 unspecified atom stereocenters. The van der Waals surface area contributed by atoms with Crippen LogP contribution in [0.15, 0.2) is 195 Å². The fourth-order valence-corrected chi connectivity index (χ4v) is 7.13. The molecule has 0 saturated heterocycles. The van der Waals surface area contributed by atoms with Gasteiger partial charge in [-0.3, -0.25) is 0 Å². The van der Waals surface area contributed by atoms with Gasteiger partial charge in [-0.2, -0.15) is 0 Å². The van der Waals surface area contributed by atoms with Gasteiger partial charge in [0.05, 0.1) is 0 Å². The van der Waals surface area contributed by atoms with E-state index in [0.29, 0.717) is 0 Å². The Bertz CT molecular complexity index is 2260. The number of hydrogen-bond acceptors (Lipinski definition) is 4. The highest BCUT2D eigenvalue weighted by Gasteiger charge is 2.04. The molecule has 1 heterocycles. The van der Waals surface area contributed by atoms with Crippen LogP contribution in [0, 0.1) is 6.92 Å². The third-order valence-corrected chi connectivity index (χ3v) is 9.60. The van der Waals surface area contributed by atoms with E-state index in [9.17, 15) is 0 Å². The average molecular weight is 712 g/mol. The minimum absolute atomic E-state index is 0.250. The number of anilines is 1. The van der Waals surface area contributed by atoms with E-state index < -0.39 is 0 Å². The summed E-state index contributed by atoms with van der Waals surface area (Å²) in [5.41, 5.74) is 19.6. The summed E-state index contributed by atoms with van der Waals surface area (Å²) in [4.78, 5) is 0. The molecule has 0 fully saturated rings. The maximum atomic E-state index is 4.62. The van der Waals surface area contributed by atoms with Crippen molar-refractivity contribution in [2.45, 2.75) is 26.3 Å². The van der Waals surface area contributed by atoms with E-state index in [0.717, 1.165) is 25.1 Å². The van der Waals surface area contributed by atoms with E-state index in [1.807, 2.05) is 41.7 Å². The molecule has 0 spiro atoms. The Kier molecular flexibility index (Phi) is 15.2. The van der Waals surface area contributed by atoms with Gasteiger partial charge < -0.3 is 16.8 Å². The third kappa shape index (κ3) is 12.2. The Hall–Kier alpha value is -5.78. The molecule has 7 aromatic carbocycles. The van der Waals surface area contributed by atoms with Crippen molar-refractivity contribution >= 4 is 37.2 Å². The Morgan fingerprint density at radius 2 is 1.06 bits per heavy atom. The van der Waals surface area contributed by atoms with Crippen LogP contribution in [-0.2, 0) is 19.4 Å². The van der Waals surface area contributed by atoms with Crippen LogP contribution in [-0.4, -0.2) is 6.67 Å². The van der Waals surface area contributed by atoms with Crippen molar-refractivity contribution in [1.29, 1.82) is 0 Å². The summed E-state index contributed by atoms with van der Waals surface area (Å²) in [6, 6.07) is 64.2. The zero-order valence-corrected chi connectivity index (χ0v) is 31.3. The van der Waals surface area contributed by atoms with E-state index in [1.165, 1.54) is 59.1 Å². The largest absolute Gasteiger partial charge is 0.381 e. The van der Waals surface area contributed by atoms with Gasteiger partial charge in [0.25, 0.3) is 0 Å². The molecule has 0 amide bonds. The van der Waals surface area contributed by atoms with E-state index in [-0.39, 0.29) is 6.67 Å². The minimum Gasteiger partial charge on any atom is -0.381 e. The van der Waals surface area contributed by atoms with Gasteiger partial charge in [-0.1, -0.05) is 158 Å². The number of benzene rings is 7. The molecular weight excluding hydrogens is 663 g/mol. The highest BCUT2D eigenvalue weighted by atomic mass is 32.1. The molecule has 0 aliphatic heterocycles. The highest BCUT2D eigenvalue weighted by Crippen LogP contribution is 2.33. The normalized spacial score (nSPS) is 10.2. The fourth-order valence-electron chi connectivity index (χ4n) is 5.93. The van der Waals surface area contributed by atoms with E-state index in [1.54, 1.807) is 0 Å². The lowest BCUT2D eigenvalue weighted by Crippen LogP contribution is -2.08. The smallest absolute Gasteiger partial charge is 0.0403 e. The molecular formula is C49H49N3S. The zero-order valence-electron chi connectivity index (χ0n) is 30.5. The predicted octanol–water partition coefficient (Wildman–Crippen LogP) is 12.2. The Morgan fingerprint density at radius 1 is 0.528 bits per heavy atom. The minimum atomic E-state index is 0.250. The van der Waals surface area contributed by atoms with Crippen LogP contribution in [0.5, 0.6) is 0 Å².